The van der Waals surface area contributed by atoms with Gasteiger partial charge in [-0.05, 0) is 35.7 Å². The van der Waals surface area contributed by atoms with Crippen LogP contribution in [0, 0.1) is 5.92 Å². The second-order valence-corrected chi connectivity index (χ2v) is 11.8. The number of ether oxygens (including phenoxy) is 2. The maximum Gasteiger partial charge on any atom is 0.224 e. The molecular formula is C29H37N3O4S. The Morgan fingerprint density at radius 2 is 1.65 bits per heavy atom. The molecule has 198 valence electrons. The van der Waals surface area contributed by atoms with Crippen molar-refractivity contribution in [2.24, 2.45) is 5.92 Å². The number of nitrogens with one attached hydrogen (secondary N) is 3. The van der Waals surface area contributed by atoms with Crippen molar-refractivity contribution >= 4 is 16.4 Å². The normalized spacial score (nSPS) is 20.0. The zero-order valence-corrected chi connectivity index (χ0v) is 22.5. The predicted molar refractivity (Wildman–Crippen MR) is 150 cm³/mol. The first-order valence-electron chi connectivity index (χ1n) is 12.5. The van der Waals surface area contributed by atoms with Gasteiger partial charge in [0, 0.05) is 37.8 Å². The van der Waals surface area contributed by atoms with Crippen molar-refractivity contribution in [3.8, 4) is 11.5 Å². The van der Waals surface area contributed by atoms with Crippen LogP contribution in [0.5, 0.6) is 11.5 Å². The van der Waals surface area contributed by atoms with Gasteiger partial charge in [-0.2, -0.15) is 0 Å². The quantitative estimate of drug-likeness (QED) is 0.315. The molecule has 4 rings (SSSR count). The number of benzene rings is 3. The molecule has 7 nitrogen and oxygen atoms in total. The van der Waals surface area contributed by atoms with Crippen molar-refractivity contribution < 1.29 is 18.8 Å². The smallest absolute Gasteiger partial charge is 0.224 e. The van der Waals surface area contributed by atoms with E-state index in [1.54, 1.807) is 38.7 Å². The molecule has 1 amide bonds. The molecule has 37 heavy (non-hydrogen) atoms. The van der Waals surface area contributed by atoms with Gasteiger partial charge in [-0.3, -0.25) is 9.52 Å². The number of rotatable bonds is 10. The molecule has 1 aliphatic rings. The molecule has 1 fully saturated rings. The fraction of sp³-hybridized carbons (Fsp3) is 0.345. The first-order chi connectivity index (χ1) is 17.9. The van der Waals surface area contributed by atoms with Crippen molar-refractivity contribution in [1.82, 2.24) is 15.4 Å². The molecule has 3 atom stereocenters. The van der Waals surface area contributed by atoms with E-state index in [2.05, 4.69) is 39.6 Å². The summed E-state index contributed by atoms with van der Waals surface area (Å²) in [5, 5.41) is 6.56. The molecular weight excluding hydrogens is 486 g/mol. The van der Waals surface area contributed by atoms with Gasteiger partial charge in [0.05, 0.1) is 25.0 Å². The number of hydrogen-bond acceptors (Lipinski definition) is 6. The van der Waals surface area contributed by atoms with E-state index in [1.165, 1.54) is 11.1 Å². The van der Waals surface area contributed by atoms with Crippen molar-refractivity contribution in [3.05, 3.63) is 90.0 Å². The lowest BCUT2D eigenvalue weighted by Gasteiger charge is -2.39. The number of hydrogen-bond donors (Lipinski definition) is 4. The first kappa shape index (κ1) is 27.0. The summed E-state index contributed by atoms with van der Waals surface area (Å²) in [7, 11) is 0.771. The number of piperidine rings is 1. The van der Waals surface area contributed by atoms with Crippen LogP contribution in [0.2, 0.25) is 0 Å². The van der Waals surface area contributed by atoms with Crippen LogP contribution in [-0.2, 0) is 4.79 Å². The summed E-state index contributed by atoms with van der Waals surface area (Å²) in [6.45, 7) is 1.78. The van der Waals surface area contributed by atoms with E-state index in [-0.39, 0.29) is 23.8 Å². The van der Waals surface area contributed by atoms with Crippen LogP contribution in [0.3, 0.4) is 0 Å². The van der Waals surface area contributed by atoms with Gasteiger partial charge in [-0.1, -0.05) is 71.2 Å². The maximum atomic E-state index is 13.3. The lowest BCUT2D eigenvalue weighted by atomic mass is 9.90. The summed E-state index contributed by atoms with van der Waals surface area (Å²) in [6.07, 6.45) is 2.40. The Morgan fingerprint density at radius 1 is 1.00 bits per heavy atom. The number of methoxy groups -OCH3 is 2. The van der Waals surface area contributed by atoms with E-state index in [0.717, 1.165) is 0 Å². The predicted octanol–water partition coefficient (Wildman–Crippen LogP) is 4.40. The average Bonchev–Trinajstić information content (AvgIpc) is 2.93. The molecule has 4 N–H and O–H groups in total. The fourth-order valence-electron chi connectivity index (χ4n) is 4.86. The van der Waals surface area contributed by atoms with Gasteiger partial charge >= 0.3 is 0 Å². The maximum absolute atomic E-state index is 13.3. The summed E-state index contributed by atoms with van der Waals surface area (Å²) in [5.41, 5.74) is 2.34. The van der Waals surface area contributed by atoms with E-state index in [9.17, 15) is 9.35 Å². The highest BCUT2D eigenvalue weighted by atomic mass is 32.3. The highest BCUT2D eigenvalue weighted by Crippen LogP contribution is 2.51. The Hall–Kier alpha value is -3.04. The van der Waals surface area contributed by atoms with Gasteiger partial charge in [0.15, 0.2) is 0 Å². The largest absolute Gasteiger partial charge is 0.497 e. The van der Waals surface area contributed by atoms with Gasteiger partial charge in [0.2, 0.25) is 5.91 Å². The third kappa shape index (κ3) is 6.84. The van der Waals surface area contributed by atoms with E-state index in [1.807, 2.05) is 36.4 Å². The van der Waals surface area contributed by atoms with E-state index in [4.69, 9.17) is 9.47 Å². The van der Waals surface area contributed by atoms with E-state index < -0.39 is 10.5 Å². The van der Waals surface area contributed by atoms with Crippen molar-refractivity contribution in [3.63, 3.8) is 0 Å². The van der Waals surface area contributed by atoms with Crippen molar-refractivity contribution in [2.45, 2.75) is 23.3 Å². The third-order valence-electron chi connectivity index (χ3n) is 6.80. The molecule has 3 aromatic carbocycles. The number of amides is 1. The van der Waals surface area contributed by atoms with E-state index in [0.29, 0.717) is 42.4 Å². The highest BCUT2D eigenvalue weighted by molar-refractivity contribution is 8.27. The summed E-state index contributed by atoms with van der Waals surface area (Å²) >= 11 is 0. The third-order valence-corrected chi connectivity index (χ3v) is 8.77. The Bertz CT molecular complexity index is 1120. The lowest BCUT2D eigenvalue weighted by molar-refractivity contribution is -0.125. The molecule has 0 radical (unpaired) electrons. The fourth-order valence-corrected chi connectivity index (χ4v) is 6.70. The second-order valence-electron chi connectivity index (χ2n) is 9.42. The summed E-state index contributed by atoms with van der Waals surface area (Å²) in [4.78, 5) is 13.9. The van der Waals surface area contributed by atoms with Crippen LogP contribution < -0.4 is 24.8 Å². The van der Waals surface area contributed by atoms with Gasteiger partial charge in [0.1, 0.15) is 11.5 Å². The van der Waals surface area contributed by atoms with Crippen LogP contribution in [0.4, 0.5) is 0 Å². The van der Waals surface area contributed by atoms with Gasteiger partial charge in [0.25, 0.3) is 0 Å². The average molecular weight is 524 g/mol. The van der Waals surface area contributed by atoms with Gasteiger partial charge < -0.3 is 24.7 Å². The standard InChI is InChI=1S/C29H37N3O4S/c1-35-25-14-15-27(36-2)28(17-25)37(3,34)32-24-16-23(18-30-19-24)29(33)31-20-26(21-10-6-4-7-11-21)22-12-8-5-9-13-22/h4-15,17,23-24,26,30,32,34H,16,18-20H2,1-3H3,(H,31,33)/t23-,24+/m0/s1. The van der Waals surface area contributed by atoms with Gasteiger partial charge in [-0.15, -0.1) is 0 Å². The summed E-state index contributed by atoms with van der Waals surface area (Å²) in [6, 6.07) is 25.8. The van der Waals surface area contributed by atoms with Crippen LogP contribution in [0.1, 0.15) is 23.5 Å². The van der Waals surface area contributed by atoms with Crippen LogP contribution >= 0.6 is 10.5 Å². The monoisotopic (exact) mass is 523 g/mol. The Kier molecular flexibility index (Phi) is 9.10. The molecule has 3 aromatic rings. The molecule has 1 heterocycles. The zero-order chi connectivity index (χ0) is 26.3. The number of carbonyl (C=O) groups is 1. The molecule has 1 unspecified atom stereocenters. The topological polar surface area (TPSA) is 91.8 Å². The first-order valence-corrected chi connectivity index (χ1v) is 14.5. The lowest BCUT2D eigenvalue weighted by Crippen LogP contribution is -2.51. The van der Waals surface area contributed by atoms with E-state index >= 15 is 0 Å². The molecule has 0 bridgehead atoms. The van der Waals surface area contributed by atoms with Gasteiger partial charge in [-0.25, -0.2) is 0 Å². The molecule has 0 aliphatic carbocycles. The molecule has 1 saturated heterocycles. The highest BCUT2D eigenvalue weighted by Gasteiger charge is 2.32. The Labute approximate surface area is 221 Å². The molecule has 8 heteroatoms. The van der Waals surface area contributed by atoms with Crippen LogP contribution in [0.25, 0.3) is 0 Å². The Morgan fingerprint density at radius 3 is 2.24 bits per heavy atom. The summed E-state index contributed by atoms with van der Waals surface area (Å²) in [5.74, 6) is 1.13. The van der Waals surface area contributed by atoms with Crippen molar-refractivity contribution in [2.75, 3.05) is 40.1 Å². The van der Waals surface area contributed by atoms with Crippen LogP contribution in [-0.4, -0.2) is 56.6 Å². The van der Waals surface area contributed by atoms with Crippen molar-refractivity contribution in [1.29, 1.82) is 0 Å². The Balaban J connectivity index is 1.41. The van der Waals surface area contributed by atoms with Crippen LogP contribution in [0.15, 0.2) is 83.8 Å². The molecule has 0 saturated carbocycles. The minimum atomic E-state index is -2.41. The molecule has 0 aromatic heterocycles. The molecule has 0 spiro atoms. The summed E-state index contributed by atoms with van der Waals surface area (Å²) < 4.78 is 25.7. The minimum Gasteiger partial charge on any atom is -0.497 e. The second kappa shape index (κ2) is 12.5. The minimum absolute atomic E-state index is 0.0180. The zero-order valence-electron chi connectivity index (χ0n) is 21.6. The number of carbonyl (C=O) groups excluding carboxylic acids is 1. The SMILES string of the molecule is COc1ccc(OC)c(S(C)(O)N[C@H]2CNC[C@@H](C(=O)NCC(c3ccccc3)c3ccccc3)C2)c1. The molecule has 1 aliphatic heterocycles.